The highest BCUT2D eigenvalue weighted by Gasteiger charge is 2.18. The molecule has 2 rings (SSSR count). The lowest BCUT2D eigenvalue weighted by Gasteiger charge is -2.11. The van der Waals surface area contributed by atoms with Crippen LogP contribution in [0.25, 0.3) is 0 Å². The lowest BCUT2D eigenvalue weighted by molar-refractivity contribution is 0.598. The van der Waals surface area contributed by atoms with Crippen LogP contribution in [0.2, 0.25) is 5.02 Å². The second-order valence-electron chi connectivity index (χ2n) is 4.57. The van der Waals surface area contributed by atoms with Crippen molar-refractivity contribution in [3.63, 3.8) is 0 Å². The van der Waals surface area contributed by atoms with Gasteiger partial charge in [-0.25, -0.2) is 12.8 Å². The Hall–Kier alpha value is -1.63. The van der Waals surface area contributed by atoms with Crippen LogP contribution in [0.15, 0.2) is 47.4 Å². The molecule has 0 aliphatic carbocycles. The zero-order valence-corrected chi connectivity index (χ0v) is 12.7. The van der Waals surface area contributed by atoms with E-state index in [4.69, 9.17) is 17.3 Å². The van der Waals surface area contributed by atoms with Crippen molar-refractivity contribution >= 4 is 27.3 Å². The number of halogens is 2. The molecule has 3 N–H and O–H groups in total. The van der Waals surface area contributed by atoms with Crippen LogP contribution in [-0.2, 0) is 10.0 Å². The summed E-state index contributed by atoms with van der Waals surface area (Å²) >= 11 is 5.63. The Morgan fingerprint density at radius 2 is 1.90 bits per heavy atom. The van der Waals surface area contributed by atoms with E-state index >= 15 is 0 Å². The van der Waals surface area contributed by atoms with Gasteiger partial charge in [-0.15, -0.1) is 0 Å². The third-order valence-corrected chi connectivity index (χ3v) is 4.55. The maximum absolute atomic E-state index is 13.8. The number of nitrogens with two attached hydrogens (primary N) is 1. The summed E-state index contributed by atoms with van der Waals surface area (Å²) in [6.45, 7) is 1.75. The zero-order chi connectivity index (χ0) is 15.6. The zero-order valence-electron chi connectivity index (χ0n) is 11.2. The van der Waals surface area contributed by atoms with Crippen molar-refractivity contribution in [1.29, 1.82) is 0 Å². The molecule has 4 nitrogen and oxygen atoms in total. The fourth-order valence-electron chi connectivity index (χ4n) is 1.75. The lowest BCUT2D eigenvalue weighted by atomic mass is 10.1. The van der Waals surface area contributed by atoms with Crippen molar-refractivity contribution in [2.75, 3.05) is 4.72 Å². The summed E-state index contributed by atoms with van der Waals surface area (Å²) < 4.78 is 40.5. The van der Waals surface area contributed by atoms with E-state index in [0.717, 1.165) is 0 Å². The molecule has 1 atom stereocenters. The van der Waals surface area contributed by atoms with Gasteiger partial charge in [0.05, 0.1) is 15.6 Å². The number of hydrogen-bond donors (Lipinski definition) is 2. The minimum atomic E-state index is -3.91. The Morgan fingerprint density at radius 3 is 2.57 bits per heavy atom. The van der Waals surface area contributed by atoms with Gasteiger partial charge in [0.2, 0.25) is 0 Å². The van der Waals surface area contributed by atoms with Crippen molar-refractivity contribution in [2.24, 2.45) is 5.73 Å². The monoisotopic (exact) mass is 328 g/mol. The van der Waals surface area contributed by atoms with Crippen LogP contribution in [-0.4, -0.2) is 8.42 Å². The van der Waals surface area contributed by atoms with Gasteiger partial charge in [0.1, 0.15) is 0 Å². The molecule has 0 aliphatic heterocycles. The van der Waals surface area contributed by atoms with Crippen molar-refractivity contribution in [3.05, 3.63) is 58.9 Å². The molecule has 7 heteroatoms. The van der Waals surface area contributed by atoms with E-state index in [-0.39, 0.29) is 21.6 Å². The van der Waals surface area contributed by atoms with Crippen molar-refractivity contribution < 1.29 is 12.8 Å². The van der Waals surface area contributed by atoms with Crippen molar-refractivity contribution in [1.82, 2.24) is 0 Å². The van der Waals surface area contributed by atoms with Gasteiger partial charge in [-0.3, -0.25) is 4.72 Å². The molecule has 2 aromatic rings. The van der Waals surface area contributed by atoms with E-state index < -0.39 is 15.8 Å². The van der Waals surface area contributed by atoms with E-state index in [0.29, 0.717) is 5.56 Å². The Bertz CT molecular complexity index is 763. The molecule has 0 saturated carbocycles. The Morgan fingerprint density at radius 1 is 1.24 bits per heavy atom. The molecule has 0 heterocycles. The third-order valence-electron chi connectivity index (χ3n) is 2.89. The van der Waals surface area contributed by atoms with Gasteiger partial charge in [-0.1, -0.05) is 29.8 Å². The summed E-state index contributed by atoms with van der Waals surface area (Å²) in [5, 5.41) is -0.153. The lowest BCUT2D eigenvalue weighted by Crippen LogP contribution is -2.15. The van der Waals surface area contributed by atoms with Gasteiger partial charge in [-0.2, -0.15) is 0 Å². The van der Waals surface area contributed by atoms with E-state index in [1.54, 1.807) is 19.1 Å². The standard InChI is InChI=1S/C14H14ClFN2O2S/c1-9(17)10-4-2-5-11(8-10)21(19,20)18-13-7-3-6-12(15)14(13)16/h2-9,18H,17H2,1H3. The fourth-order valence-corrected chi connectivity index (χ4v) is 3.04. The molecule has 0 radical (unpaired) electrons. The third kappa shape index (κ3) is 3.53. The number of rotatable bonds is 4. The molecule has 0 bridgehead atoms. The molecule has 0 spiro atoms. The molecule has 2 aromatic carbocycles. The second-order valence-corrected chi connectivity index (χ2v) is 6.66. The highest BCUT2D eigenvalue weighted by Crippen LogP contribution is 2.25. The van der Waals surface area contributed by atoms with Crippen LogP contribution in [0.1, 0.15) is 18.5 Å². The predicted molar refractivity (Wildman–Crippen MR) is 81.3 cm³/mol. The molecule has 1 unspecified atom stereocenters. The number of anilines is 1. The van der Waals surface area contributed by atoms with Gasteiger partial charge in [-0.05, 0) is 36.8 Å². The van der Waals surface area contributed by atoms with Crippen LogP contribution in [0.4, 0.5) is 10.1 Å². The van der Waals surface area contributed by atoms with Gasteiger partial charge >= 0.3 is 0 Å². The Labute approximate surface area is 127 Å². The molecular weight excluding hydrogens is 315 g/mol. The first-order valence-corrected chi connectivity index (χ1v) is 8.00. The molecule has 0 fully saturated rings. The highest BCUT2D eigenvalue weighted by molar-refractivity contribution is 7.92. The smallest absolute Gasteiger partial charge is 0.261 e. The van der Waals surface area contributed by atoms with Crippen molar-refractivity contribution in [2.45, 2.75) is 17.9 Å². The van der Waals surface area contributed by atoms with E-state index in [1.807, 2.05) is 0 Å². The maximum Gasteiger partial charge on any atom is 0.261 e. The molecule has 0 aromatic heterocycles. The van der Waals surface area contributed by atoms with Gasteiger partial charge < -0.3 is 5.73 Å². The molecule has 112 valence electrons. The molecule has 21 heavy (non-hydrogen) atoms. The van der Waals surface area contributed by atoms with Gasteiger partial charge in [0, 0.05) is 6.04 Å². The quantitative estimate of drug-likeness (QED) is 0.904. The van der Waals surface area contributed by atoms with Crippen LogP contribution in [0, 0.1) is 5.82 Å². The van der Waals surface area contributed by atoms with Crippen LogP contribution >= 0.6 is 11.6 Å². The van der Waals surface area contributed by atoms with Gasteiger partial charge in [0.15, 0.2) is 5.82 Å². The summed E-state index contributed by atoms with van der Waals surface area (Å²) in [6.07, 6.45) is 0. The highest BCUT2D eigenvalue weighted by atomic mass is 35.5. The topological polar surface area (TPSA) is 72.2 Å². The van der Waals surface area contributed by atoms with Crippen molar-refractivity contribution in [3.8, 4) is 0 Å². The summed E-state index contributed by atoms with van der Waals surface area (Å²) in [4.78, 5) is 0.0108. The number of nitrogens with one attached hydrogen (secondary N) is 1. The largest absolute Gasteiger partial charge is 0.324 e. The summed E-state index contributed by atoms with van der Waals surface area (Å²) in [5.74, 6) is -0.814. The summed E-state index contributed by atoms with van der Waals surface area (Å²) in [7, 11) is -3.91. The van der Waals surface area contributed by atoms with E-state index in [9.17, 15) is 12.8 Å². The first kappa shape index (κ1) is 15.8. The normalized spacial score (nSPS) is 13.0. The SMILES string of the molecule is CC(N)c1cccc(S(=O)(=O)Nc2cccc(Cl)c2F)c1. The number of hydrogen-bond acceptors (Lipinski definition) is 3. The Balaban J connectivity index is 2.39. The van der Waals surface area contributed by atoms with Crippen LogP contribution < -0.4 is 10.5 Å². The minimum absolute atomic E-state index is 0.0108. The predicted octanol–water partition coefficient (Wildman–Crippen LogP) is 3.30. The average Bonchev–Trinajstić information content (AvgIpc) is 2.44. The maximum atomic E-state index is 13.8. The second kappa shape index (κ2) is 6.01. The summed E-state index contributed by atoms with van der Waals surface area (Å²) in [5.41, 5.74) is 6.20. The minimum Gasteiger partial charge on any atom is -0.324 e. The number of sulfonamides is 1. The summed E-state index contributed by atoms with van der Waals surface area (Å²) in [6, 6.07) is 9.97. The molecule has 0 saturated heterocycles. The van der Waals surface area contributed by atoms with E-state index in [2.05, 4.69) is 4.72 Å². The average molecular weight is 329 g/mol. The first-order valence-electron chi connectivity index (χ1n) is 6.13. The molecule has 0 amide bonds. The van der Waals surface area contributed by atoms with E-state index in [1.165, 1.54) is 30.3 Å². The first-order chi connectivity index (χ1) is 9.81. The van der Waals surface area contributed by atoms with Gasteiger partial charge in [0.25, 0.3) is 10.0 Å². The fraction of sp³-hybridized carbons (Fsp3) is 0.143. The Kier molecular flexibility index (Phi) is 4.51. The van der Waals surface area contributed by atoms with Crippen LogP contribution in [0.3, 0.4) is 0 Å². The molecular formula is C14H14ClFN2O2S. The molecule has 0 aliphatic rings. The van der Waals surface area contributed by atoms with Crippen LogP contribution in [0.5, 0.6) is 0 Å². The number of benzene rings is 2.